The number of hydrogen-bond donors (Lipinski definition) is 1. The van der Waals surface area contributed by atoms with Crippen molar-refractivity contribution in [2.45, 2.75) is 13.8 Å². The molecule has 0 saturated carbocycles. The molecule has 59 valence electrons. The molecule has 0 unspecified atom stereocenters. The van der Waals surface area contributed by atoms with Gasteiger partial charge in [-0.2, -0.15) is 0 Å². The number of aliphatic hydroxyl groups excluding tert-OH is 1. The van der Waals surface area contributed by atoms with Crippen LogP contribution in [0.2, 0.25) is 0 Å². The molecule has 0 atom stereocenters. The second-order valence-electron chi connectivity index (χ2n) is 1.60. The minimum Gasteiger partial charge on any atom is -0.523 e. The third-order valence-electron chi connectivity index (χ3n) is 0.788. The van der Waals surface area contributed by atoms with E-state index in [2.05, 4.69) is 4.85 Å². The first-order valence-electron chi connectivity index (χ1n) is 2.37. The molecule has 1 N–H and O–H groups in total. The van der Waals surface area contributed by atoms with Crippen molar-refractivity contribution < 1.29 is 27.0 Å². The molecule has 0 saturated heterocycles. The summed E-state index contributed by atoms with van der Waals surface area (Å²) in [5, 5.41) is 8.63. The number of ketones is 1. The second-order valence-corrected chi connectivity index (χ2v) is 1.60. The fourth-order valence-corrected chi connectivity index (χ4v) is 0.414. The molecule has 0 bridgehead atoms. The molecular formula is C6H7CuNO2. The summed E-state index contributed by atoms with van der Waals surface area (Å²) in [6, 6.07) is 0. The van der Waals surface area contributed by atoms with Gasteiger partial charge in [-0.3, -0.25) is 0 Å². The quantitative estimate of drug-likeness (QED) is 0.292. The fraction of sp³-hybridized carbons (Fsp3) is 0.333. The Hall–Kier alpha value is -0.781. The van der Waals surface area contributed by atoms with Crippen molar-refractivity contribution >= 4 is 5.78 Å². The predicted octanol–water partition coefficient (Wildman–Crippen LogP) is 1.28. The van der Waals surface area contributed by atoms with E-state index in [1.165, 1.54) is 13.8 Å². The van der Waals surface area contributed by atoms with Gasteiger partial charge in [-0.1, -0.05) is 0 Å². The zero-order valence-corrected chi connectivity index (χ0v) is 6.55. The molecule has 1 radical (unpaired) electrons. The van der Waals surface area contributed by atoms with Gasteiger partial charge in [0.05, 0.1) is 6.57 Å². The zero-order chi connectivity index (χ0) is 7.44. The van der Waals surface area contributed by atoms with E-state index in [0.717, 1.165) is 0 Å². The van der Waals surface area contributed by atoms with Crippen LogP contribution in [0.25, 0.3) is 4.85 Å². The Morgan fingerprint density at radius 3 is 1.90 bits per heavy atom. The maximum absolute atomic E-state index is 10.4. The van der Waals surface area contributed by atoms with Gasteiger partial charge in [0, 0.05) is 17.1 Å². The molecule has 0 aromatic carbocycles. The Balaban J connectivity index is 0. The smallest absolute Gasteiger partial charge is 0.264 e. The van der Waals surface area contributed by atoms with Gasteiger partial charge in [-0.05, 0) is 13.8 Å². The van der Waals surface area contributed by atoms with Crippen LogP contribution < -0.4 is 0 Å². The number of aliphatic hydroxyl groups is 1. The largest absolute Gasteiger partial charge is 0.523 e. The Bertz CT molecular complexity index is 198. The Morgan fingerprint density at radius 2 is 1.90 bits per heavy atom. The summed E-state index contributed by atoms with van der Waals surface area (Å²) >= 11 is 0. The summed E-state index contributed by atoms with van der Waals surface area (Å²) in [6.07, 6.45) is 0. The van der Waals surface area contributed by atoms with Crippen LogP contribution in [-0.2, 0) is 21.9 Å². The monoisotopic (exact) mass is 188 g/mol. The van der Waals surface area contributed by atoms with E-state index < -0.39 is 5.78 Å². The minimum atomic E-state index is -0.398. The van der Waals surface area contributed by atoms with Gasteiger partial charge in [0.25, 0.3) is 5.70 Å². The molecule has 0 spiro atoms. The van der Waals surface area contributed by atoms with Gasteiger partial charge in [0.2, 0.25) is 0 Å². The van der Waals surface area contributed by atoms with Crippen molar-refractivity contribution in [3.63, 3.8) is 0 Å². The molecule has 0 aromatic rings. The van der Waals surface area contributed by atoms with E-state index in [4.69, 9.17) is 11.7 Å². The van der Waals surface area contributed by atoms with E-state index in [1.54, 1.807) is 0 Å². The molecule has 0 amide bonds. The number of carbonyl (C=O) groups is 1. The van der Waals surface area contributed by atoms with Crippen molar-refractivity contribution in [2.75, 3.05) is 0 Å². The van der Waals surface area contributed by atoms with E-state index in [-0.39, 0.29) is 28.5 Å². The molecule has 4 heteroatoms. The maximum Gasteiger partial charge on any atom is 0.264 e. The van der Waals surface area contributed by atoms with Gasteiger partial charge in [0.1, 0.15) is 5.76 Å². The Kier molecular flexibility index (Phi) is 6.02. The van der Waals surface area contributed by atoms with Gasteiger partial charge < -0.3 is 9.90 Å². The average molecular weight is 189 g/mol. The molecule has 0 heterocycles. The van der Waals surface area contributed by atoms with E-state index >= 15 is 0 Å². The van der Waals surface area contributed by atoms with Crippen molar-refractivity contribution in [3.8, 4) is 0 Å². The molecular weight excluding hydrogens is 182 g/mol. The Morgan fingerprint density at radius 1 is 1.50 bits per heavy atom. The number of nitrogens with zero attached hydrogens (tertiary/aromatic N) is 1. The predicted molar refractivity (Wildman–Crippen MR) is 32.6 cm³/mol. The summed E-state index contributed by atoms with van der Waals surface area (Å²) < 4.78 is 0. The van der Waals surface area contributed by atoms with Crippen molar-refractivity contribution in [1.82, 2.24) is 0 Å². The van der Waals surface area contributed by atoms with Gasteiger partial charge in [0.15, 0.2) is 5.78 Å². The maximum atomic E-state index is 10.4. The van der Waals surface area contributed by atoms with Crippen LogP contribution in [0.3, 0.4) is 0 Å². The second kappa shape index (κ2) is 5.04. The van der Waals surface area contributed by atoms with Crippen LogP contribution in [0.15, 0.2) is 11.5 Å². The average Bonchev–Trinajstić information content (AvgIpc) is 1.64. The number of rotatable bonds is 1. The fourth-order valence-electron chi connectivity index (χ4n) is 0.414. The van der Waals surface area contributed by atoms with Crippen molar-refractivity contribution in [1.29, 1.82) is 0 Å². The summed E-state index contributed by atoms with van der Waals surface area (Å²) in [4.78, 5) is 13.2. The third-order valence-corrected chi connectivity index (χ3v) is 0.788. The van der Waals surface area contributed by atoms with E-state index in [9.17, 15) is 4.79 Å². The molecule has 0 aliphatic carbocycles. The van der Waals surface area contributed by atoms with Crippen molar-refractivity contribution in [2.24, 2.45) is 0 Å². The summed E-state index contributed by atoms with van der Waals surface area (Å²) in [5.41, 5.74) is -0.185. The number of Topliss-reactive ketones (excluding diaryl/α,β-unsaturated/α-hetero) is 1. The van der Waals surface area contributed by atoms with E-state index in [1.807, 2.05) is 0 Å². The summed E-state index contributed by atoms with van der Waals surface area (Å²) in [5.74, 6) is -0.609. The molecule has 0 fully saturated rings. The van der Waals surface area contributed by atoms with Gasteiger partial charge in [-0.25, -0.2) is 4.85 Å². The standard InChI is InChI=1S/C6H7NO2.Cu/c1-4(8)6(7-3)5(2)9;/h8H,1-2H3;/b6-4+;. The third kappa shape index (κ3) is 3.29. The Labute approximate surface area is 70.0 Å². The molecule has 3 nitrogen and oxygen atoms in total. The van der Waals surface area contributed by atoms with E-state index in [0.29, 0.717) is 0 Å². The molecule has 0 aliphatic heterocycles. The molecule has 0 rings (SSSR count). The number of carbonyl (C=O) groups excluding carboxylic acids is 1. The van der Waals surface area contributed by atoms with Crippen LogP contribution in [0, 0.1) is 6.57 Å². The van der Waals surface area contributed by atoms with Crippen LogP contribution in [0.1, 0.15) is 13.8 Å². The normalized spacial score (nSPS) is 10.5. The van der Waals surface area contributed by atoms with Crippen LogP contribution >= 0.6 is 0 Å². The van der Waals surface area contributed by atoms with Crippen LogP contribution in [-0.4, -0.2) is 10.9 Å². The first-order valence-corrected chi connectivity index (χ1v) is 2.37. The first-order chi connectivity index (χ1) is 4.09. The number of allylic oxidation sites excluding steroid dienone is 2. The van der Waals surface area contributed by atoms with Crippen molar-refractivity contribution in [3.05, 3.63) is 22.9 Å². The molecule has 10 heavy (non-hydrogen) atoms. The van der Waals surface area contributed by atoms with Crippen LogP contribution in [0.4, 0.5) is 0 Å². The van der Waals surface area contributed by atoms with Gasteiger partial charge >= 0.3 is 0 Å². The first kappa shape index (κ1) is 12.0. The summed E-state index contributed by atoms with van der Waals surface area (Å²) in [7, 11) is 0. The topological polar surface area (TPSA) is 41.7 Å². The minimum absolute atomic E-state index is 0. The molecule has 0 aliphatic rings. The zero-order valence-electron chi connectivity index (χ0n) is 5.60. The number of hydrogen-bond acceptors (Lipinski definition) is 2. The molecule has 0 aromatic heterocycles. The van der Waals surface area contributed by atoms with Gasteiger partial charge in [-0.15, -0.1) is 0 Å². The SMILES string of the molecule is [C-]#[N+]/C(C(C)=O)=C(\C)O.[Cu]. The van der Waals surface area contributed by atoms with Crippen LogP contribution in [0.5, 0.6) is 0 Å². The summed E-state index contributed by atoms with van der Waals surface area (Å²) in [6.45, 7) is 8.96.